The van der Waals surface area contributed by atoms with Crippen LogP contribution in [0.25, 0.3) is 11.3 Å². The Bertz CT molecular complexity index is 1160. The van der Waals surface area contributed by atoms with Crippen LogP contribution >= 0.6 is 0 Å². The molecular formula is C22H21N5O3. The molecule has 0 saturated carbocycles. The van der Waals surface area contributed by atoms with Crippen LogP contribution in [0.15, 0.2) is 42.5 Å². The second kappa shape index (κ2) is 7.92. The summed E-state index contributed by atoms with van der Waals surface area (Å²) in [6.45, 7) is 1.63. The summed E-state index contributed by atoms with van der Waals surface area (Å²) in [5.74, 6) is -0.896. The number of carbonyl (C=O) groups is 2. The van der Waals surface area contributed by atoms with Crippen LogP contribution in [-0.2, 0) is 13.0 Å². The molecule has 1 aliphatic heterocycles. The first-order valence-corrected chi connectivity index (χ1v) is 9.47. The SMILES string of the molecule is COc1cccc(C(=O)c2nc(N)c(C(N)=O)c(-c3ccc4c(c3)CNCC4)n2)c1. The number of nitrogen functional groups attached to an aromatic ring is 1. The van der Waals surface area contributed by atoms with E-state index in [-0.39, 0.29) is 22.9 Å². The maximum Gasteiger partial charge on any atom is 0.254 e. The van der Waals surface area contributed by atoms with E-state index >= 15 is 0 Å². The molecule has 0 aliphatic carbocycles. The lowest BCUT2D eigenvalue weighted by Crippen LogP contribution is -2.23. The van der Waals surface area contributed by atoms with E-state index in [0.29, 0.717) is 23.4 Å². The molecule has 0 atom stereocenters. The second-order valence-corrected chi connectivity index (χ2v) is 6.99. The lowest BCUT2D eigenvalue weighted by atomic mass is 9.95. The number of fused-ring (bicyclic) bond motifs is 1. The van der Waals surface area contributed by atoms with Crippen molar-refractivity contribution in [3.8, 4) is 17.0 Å². The molecule has 8 heteroatoms. The first kappa shape index (κ1) is 19.5. The molecule has 0 fully saturated rings. The van der Waals surface area contributed by atoms with Gasteiger partial charge in [-0.25, -0.2) is 9.97 Å². The molecule has 8 nitrogen and oxygen atoms in total. The summed E-state index contributed by atoms with van der Waals surface area (Å²) < 4.78 is 5.18. The Labute approximate surface area is 173 Å². The number of carbonyl (C=O) groups excluding carboxylic acids is 2. The van der Waals surface area contributed by atoms with Crippen LogP contribution in [0.5, 0.6) is 5.75 Å². The van der Waals surface area contributed by atoms with Gasteiger partial charge in [0.05, 0.1) is 12.8 Å². The zero-order chi connectivity index (χ0) is 21.3. The van der Waals surface area contributed by atoms with Crippen molar-refractivity contribution < 1.29 is 14.3 Å². The number of hydrogen-bond acceptors (Lipinski definition) is 7. The van der Waals surface area contributed by atoms with Crippen LogP contribution in [-0.4, -0.2) is 35.3 Å². The van der Waals surface area contributed by atoms with Gasteiger partial charge in [-0.2, -0.15) is 0 Å². The fourth-order valence-corrected chi connectivity index (χ4v) is 3.55. The van der Waals surface area contributed by atoms with E-state index in [1.165, 1.54) is 12.7 Å². The first-order chi connectivity index (χ1) is 14.5. The lowest BCUT2D eigenvalue weighted by Gasteiger charge is -2.18. The summed E-state index contributed by atoms with van der Waals surface area (Å²) >= 11 is 0. The highest BCUT2D eigenvalue weighted by Crippen LogP contribution is 2.29. The Morgan fingerprint density at radius 3 is 2.70 bits per heavy atom. The van der Waals surface area contributed by atoms with E-state index in [0.717, 1.165) is 18.5 Å². The molecule has 5 N–H and O–H groups in total. The minimum atomic E-state index is -0.751. The minimum Gasteiger partial charge on any atom is -0.497 e. The number of aromatic nitrogens is 2. The van der Waals surface area contributed by atoms with E-state index in [9.17, 15) is 9.59 Å². The topological polar surface area (TPSA) is 133 Å². The van der Waals surface area contributed by atoms with E-state index in [1.807, 2.05) is 18.2 Å². The highest BCUT2D eigenvalue weighted by molar-refractivity contribution is 6.09. The predicted molar refractivity (Wildman–Crippen MR) is 112 cm³/mol. The monoisotopic (exact) mass is 403 g/mol. The Kier molecular flexibility index (Phi) is 5.16. The zero-order valence-electron chi connectivity index (χ0n) is 16.4. The number of ether oxygens (including phenoxy) is 1. The van der Waals surface area contributed by atoms with Gasteiger partial charge in [0, 0.05) is 17.7 Å². The summed E-state index contributed by atoms with van der Waals surface area (Å²) in [6, 6.07) is 12.5. The number of ketones is 1. The summed E-state index contributed by atoms with van der Waals surface area (Å²) in [5.41, 5.74) is 15.2. The second-order valence-electron chi connectivity index (χ2n) is 6.99. The first-order valence-electron chi connectivity index (χ1n) is 9.47. The van der Waals surface area contributed by atoms with Gasteiger partial charge in [0.25, 0.3) is 5.91 Å². The number of nitrogens with two attached hydrogens (primary N) is 2. The molecule has 0 spiro atoms. The van der Waals surface area contributed by atoms with Gasteiger partial charge >= 0.3 is 0 Å². The number of anilines is 1. The summed E-state index contributed by atoms with van der Waals surface area (Å²) in [7, 11) is 1.52. The van der Waals surface area contributed by atoms with Gasteiger partial charge < -0.3 is 21.5 Å². The number of nitrogens with zero attached hydrogens (tertiary/aromatic N) is 2. The van der Waals surface area contributed by atoms with Crippen molar-refractivity contribution in [3.05, 3.63) is 70.5 Å². The molecule has 0 bridgehead atoms. The molecule has 0 saturated heterocycles. The van der Waals surface area contributed by atoms with Crippen molar-refractivity contribution in [2.45, 2.75) is 13.0 Å². The molecule has 0 radical (unpaired) electrons. The van der Waals surface area contributed by atoms with Crippen LogP contribution in [0.1, 0.15) is 37.7 Å². The van der Waals surface area contributed by atoms with Crippen LogP contribution in [0, 0.1) is 0 Å². The fourth-order valence-electron chi connectivity index (χ4n) is 3.55. The van der Waals surface area contributed by atoms with Gasteiger partial charge in [-0.05, 0) is 42.3 Å². The predicted octanol–water partition coefficient (Wildman–Crippen LogP) is 1.71. The maximum absolute atomic E-state index is 13.0. The number of primary amides is 1. The van der Waals surface area contributed by atoms with Gasteiger partial charge in [0.15, 0.2) is 0 Å². The fraction of sp³-hybridized carbons (Fsp3) is 0.182. The third kappa shape index (κ3) is 3.60. The molecule has 30 heavy (non-hydrogen) atoms. The standard InChI is InChI=1S/C22H21N5O3/c1-30-16-4-2-3-14(10-16)19(28)22-26-18(17(21(24)29)20(23)27-22)13-6-5-12-7-8-25-11-15(12)9-13/h2-6,9-10,25H,7-8,11H2,1H3,(H2,24,29)(H2,23,26,27). The number of benzene rings is 2. The van der Waals surface area contributed by atoms with Gasteiger partial charge in [0.2, 0.25) is 11.6 Å². The third-order valence-electron chi connectivity index (χ3n) is 5.08. The summed E-state index contributed by atoms with van der Waals surface area (Å²) in [4.78, 5) is 33.6. The minimum absolute atomic E-state index is 0.000843. The van der Waals surface area contributed by atoms with Crippen LogP contribution in [0.4, 0.5) is 5.82 Å². The molecular weight excluding hydrogens is 382 g/mol. The van der Waals surface area contributed by atoms with Crippen molar-refractivity contribution >= 4 is 17.5 Å². The van der Waals surface area contributed by atoms with Crippen LogP contribution in [0.3, 0.4) is 0 Å². The number of nitrogens with one attached hydrogen (secondary N) is 1. The van der Waals surface area contributed by atoms with Gasteiger partial charge in [-0.1, -0.05) is 24.3 Å². The molecule has 2 heterocycles. The van der Waals surface area contributed by atoms with Crippen molar-refractivity contribution in [3.63, 3.8) is 0 Å². The molecule has 1 aliphatic rings. The molecule has 3 aromatic rings. The van der Waals surface area contributed by atoms with E-state index in [2.05, 4.69) is 15.3 Å². The number of amides is 1. The van der Waals surface area contributed by atoms with Gasteiger partial charge in [-0.3, -0.25) is 9.59 Å². The molecule has 2 aromatic carbocycles. The molecule has 4 rings (SSSR count). The van der Waals surface area contributed by atoms with Gasteiger partial charge in [-0.15, -0.1) is 0 Å². The molecule has 1 amide bonds. The van der Waals surface area contributed by atoms with Crippen molar-refractivity contribution in [1.29, 1.82) is 0 Å². The van der Waals surface area contributed by atoms with E-state index in [4.69, 9.17) is 16.2 Å². The van der Waals surface area contributed by atoms with Crippen molar-refractivity contribution in [2.24, 2.45) is 5.73 Å². The third-order valence-corrected chi connectivity index (χ3v) is 5.08. The van der Waals surface area contributed by atoms with Gasteiger partial charge in [0.1, 0.15) is 17.1 Å². The van der Waals surface area contributed by atoms with Crippen LogP contribution < -0.4 is 21.5 Å². The normalized spacial score (nSPS) is 12.8. The summed E-state index contributed by atoms with van der Waals surface area (Å²) in [5, 5.41) is 3.32. The van der Waals surface area contributed by atoms with Crippen molar-refractivity contribution in [2.75, 3.05) is 19.4 Å². The smallest absolute Gasteiger partial charge is 0.254 e. The lowest BCUT2D eigenvalue weighted by molar-refractivity contribution is 0.0995. The molecule has 0 unspecified atom stereocenters. The summed E-state index contributed by atoms with van der Waals surface area (Å²) in [6.07, 6.45) is 0.920. The van der Waals surface area contributed by atoms with Crippen LogP contribution in [0.2, 0.25) is 0 Å². The quantitative estimate of drug-likeness (QED) is 0.552. The van der Waals surface area contributed by atoms with E-state index < -0.39 is 11.7 Å². The number of methoxy groups -OCH3 is 1. The number of rotatable bonds is 5. The maximum atomic E-state index is 13.0. The molecule has 1 aromatic heterocycles. The Hall–Kier alpha value is -3.78. The molecule has 152 valence electrons. The Morgan fingerprint density at radius 2 is 1.93 bits per heavy atom. The average Bonchev–Trinajstić information content (AvgIpc) is 2.77. The zero-order valence-corrected chi connectivity index (χ0v) is 16.4. The average molecular weight is 403 g/mol. The number of hydrogen-bond donors (Lipinski definition) is 3. The largest absolute Gasteiger partial charge is 0.497 e. The Balaban J connectivity index is 1.84. The van der Waals surface area contributed by atoms with E-state index in [1.54, 1.807) is 24.3 Å². The Morgan fingerprint density at radius 1 is 1.10 bits per heavy atom. The highest BCUT2D eigenvalue weighted by atomic mass is 16.5. The van der Waals surface area contributed by atoms with Crippen molar-refractivity contribution in [1.82, 2.24) is 15.3 Å². The highest BCUT2D eigenvalue weighted by Gasteiger charge is 2.23.